The summed E-state index contributed by atoms with van der Waals surface area (Å²) in [6.07, 6.45) is 1.20. The van der Waals surface area contributed by atoms with Crippen LogP contribution in [0, 0.1) is 6.92 Å². The first-order valence-corrected chi connectivity index (χ1v) is 7.07. The number of halogens is 1. The van der Waals surface area contributed by atoms with Gasteiger partial charge in [-0.3, -0.25) is 0 Å². The Labute approximate surface area is 114 Å². The van der Waals surface area contributed by atoms with Crippen molar-refractivity contribution in [3.05, 3.63) is 33.8 Å². The van der Waals surface area contributed by atoms with Crippen molar-refractivity contribution in [1.82, 2.24) is 10.2 Å². The number of hydrogen-bond acceptors (Lipinski definition) is 2. The van der Waals surface area contributed by atoms with E-state index in [0.29, 0.717) is 0 Å². The fourth-order valence-electron chi connectivity index (χ4n) is 1.77. The van der Waals surface area contributed by atoms with Gasteiger partial charge in [0, 0.05) is 24.1 Å². The predicted octanol–water partition coefficient (Wildman–Crippen LogP) is 3.19. The molecule has 0 aliphatic carbocycles. The van der Waals surface area contributed by atoms with Gasteiger partial charge >= 0.3 is 0 Å². The maximum Gasteiger partial charge on any atom is 0.0249 e. The predicted molar refractivity (Wildman–Crippen MR) is 78.4 cm³/mol. The van der Waals surface area contributed by atoms with Crippen LogP contribution in [-0.2, 0) is 6.54 Å². The van der Waals surface area contributed by atoms with E-state index >= 15 is 0 Å². The molecule has 3 heteroatoms. The van der Waals surface area contributed by atoms with Crippen LogP contribution >= 0.6 is 15.9 Å². The van der Waals surface area contributed by atoms with Crippen molar-refractivity contribution < 1.29 is 0 Å². The first-order valence-electron chi connectivity index (χ1n) is 6.28. The van der Waals surface area contributed by atoms with E-state index < -0.39 is 0 Å². The van der Waals surface area contributed by atoms with E-state index in [0.717, 1.165) is 26.2 Å². The second-order valence-electron chi connectivity index (χ2n) is 4.54. The molecule has 0 saturated carbocycles. The first kappa shape index (κ1) is 14.7. The molecule has 0 aromatic heterocycles. The number of likely N-dealkylation sites (N-methyl/N-ethyl adjacent to an activating group) is 1. The highest BCUT2D eigenvalue weighted by molar-refractivity contribution is 9.10. The van der Waals surface area contributed by atoms with Gasteiger partial charge in [-0.2, -0.15) is 0 Å². The quantitative estimate of drug-likeness (QED) is 0.778. The largest absolute Gasteiger partial charge is 0.315 e. The molecule has 0 amide bonds. The van der Waals surface area contributed by atoms with E-state index in [1.165, 1.54) is 22.0 Å². The fraction of sp³-hybridized carbons (Fsp3) is 0.571. The minimum Gasteiger partial charge on any atom is -0.315 e. The third-order valence-corrected chi connectivity index (χ3v) is 3.94. The second kappa shape index (κ2) is 7.85. The number of rotatable bonds is 7. The van der Waals surface area contributed by atoms with Crippen molar-refractivity contribution in [2.24, 2.45) is 0 Å². The van der Waals surface area contributed by atoms with Gasteiger partial charge < -0.3 is 10.2 Å². The third-order valence-electron chi connectivity index (χ3n) is 2.81. The van der Waals surface area contributed by atoms with Gasteiger partial charge in [-0.25, -0.2) is 0 Å². The van der Waals surface area contributed by atoms with Gasteiger partial charge in [-0.05, 0) is 38.1 Å². The van der Waals surface area contributed by atoms with Gasteiger partial charge in [-0.1, -0.05) is 41.1 Å². The van der Waals surface area contributed by atoms with Crippen LogP contribution < -0.4 is 5.32 Å². The average molecular weight is 299 g/mol. The Balaban J connectivity index is 2.39. The molecule has 0 bridgehead atoms. The summed E-state index contributed by atoms with van der Waals surface area (Å²) in [7, 11) is 2.17. The maximum atomic E-state index is 3.66. The summed E-state index contributed by atoms with van der Waals surface area (Å²) in [5.74, 6) is 0. The minimum atomic E-state index is 0.996. The van der Waals surface area contributed by atoms with Crippen LogP contribution in [0.2, 0.25) is 0 Å². The van der Waals surface area contributed by atoms with Gasteiger partial charge in [-0.15, -0.1) is 0 Å². The monoisotopic (exact) mass is 298 g/mol. The number of nitrogens with one attached hydrogen (secondary N) is 1. The lowest BCUT2D eigenvalue weighted by Crippen LogP contribution is -2.29. The zero-order valence-electron chi connectivity index (χ0n) is 11.1. The van der Waals surface area contributed by atoms with Crippen molar-refractivity contribution in [1.29, 1.82) is 0 Å². The zero-order chi connectivity index (χ0) is 12.7. The molecule has 2 nitrogen and oxygen atoms in total. The molecule has 0 unspecified atom stereocenters. The Bertz CT molecular complexity index is 339. The molecule has 0 spiro atoms. The van der Waals surface area contributed by atoms with Crippen molar-refractivity contribution in [3.63, 3.8) is 0 Å². The summed E-state index contributed by atoms with van der Waals surface area (Å²) in [6.45, 7) is 8.59. The van der Waals surface area contributed by atoms with E-state index in [9.17, 15) is 0 Å². The molecule has 0 heterocycles. The molecule has 0 aliphatic rings. The summed E-state index contributed by atoms with van der Waals surface area (Å²) in [6, 6.07) is 6.45. The molecular formula is C14H23BrN2. The lowest BCUT2D eigenvalue weighted by molar-refractivity contribution is 0.324. The lowest BCUT2D eigenvalue weighted by Gasteiger charge is -2.18. The molecule has 1 aromatic carbocycles. The Hall–Kier alpha value is -0.380. The summed E-state index contributed by atoms with van der Waals surface area (Å²) >= 11 is 3.66. The first-order chi connectivity index (χ1) is 8.15. The minimum absolute atomic E-state index is 0.996. The molecule has 1 rings (SSSR count). The summed E-state index contributed by atoms with van der Waals surface area (Å²) in [5.41, 5.74) is 2.67. The van der Waals surface area contributed by atoms with E-state index in [4.69, 9.17) is 0 Å². The smallest absolute Gasteiger partial charge is 0.0249 e. The Morgan fingerprint density at radius 1 is 1.29 bits per heavy atom. The van der Waals surface area contributed by atoms with Gasteiger partial charge in [0.15, 0.2) is 0 Å². The molecule has 0 aliphatic heterocycles. The van der Waals surface area contributed by atoms with Crippen molar-refractivity contribution >= 4 is 15.9 Å². The normalized spacial score (nSPS) is 11.1. The number of nitrogens with zero attached hydrogens (tertiary/aromatic N) is 1. The van der Waals surface area contributed by atoms with Crippen molar-refractivity contribution in [2.45, 2.75) is 26.8 Å². The van der Waals surface area contributed by atoms with Crippen LogP contribution in [0.3, 0.4) is 0 Å². The number of aryl methyl sites for hydroxylation is 1. The zero-order valence-corrected chi connectivity index (χ0v) is 12.7. The van der Waals surface area contributed by atoms with Crippen LogP contribution in [0.15, 0.2) is 22.7 Å². The van der Waals surface area contributed by atoms with Gasteiger partial charge in [0.1, 0.15) is 0 Å². The Kier molecular flexibility index (Phi) is 6.78. The van der Waals surface area contributed by atoms with Crippen LogP contribution in [0.1, 0.15) is 24.5 Å². The van der Waals surface area contributed by atoms with Gasteiger partial charge in [0.05, 0.1) is 0 Å². The standard InChI is InChI=1S/C14H23BrN2/c1-4-8-16-9-10-17(3)11-13-7-5-6-12(2)14(13)15/h5-7,16H,4,8-11H2,1-3H3. The van der Waals surface area contributed by atoms with E-state index in [1.807, 2.05) is 0 Å². The van der Waals surface area contributed by atoms with Crippen LogP contribution in [0.25, 0.3) is 0 Å². The topological polar surface area (TPSA) is 15.3 Å². The highest BCUT2D eigenvalue weighted by Crippen LogP contribution is 2.21. The molecular weight excluding hydrogens is 276 g/mol. The summed E-state index contributed by atoms with van der Waals surface area (Å²) < 4.78 is 1.24. The van der Waals surface area contributed by atoms with E-state index in [2.05, 4.69) is 65.2 Å². The molecule has 96 valence electrons. The molecule has 1 N–H and O–H groups in total. The molecule has 0 saturated heterocycles. The molecule has 1 aromatic rings. The fourth-order valence-corrected chi connectivity index (χ4v) is 2.16. The highest BCUT2D eigenvalue weighted by Gasteiger charge is 2.05. The van der Waals surface area contributed by atoms with Crippen LogP contribution in [-0.4, -0.2) is 31.6 Å². The van der Waals surface area contributed by atoms with Crippen molar-refractivity contribution in [2.75, 3.05) is 26.7 Å². The van der Waals surface area contributed by atoms with E-state index in [1.54, 1.807) is 0 Å². The van der Waals surface area contributed by atoms with Gasteiger partial charge in [0.25, 0.3) is 0 Å². The molecule has 0 atom stereocenters. The second-order valence-corrected chi connectivity index (χ2v) is 5.33. The Morgan fingerprint density at radius 3 is 2.76 bits per heavy atom. The average Bonchev–Trinajstić information content (AvgIpc) is 2.31. The van der Waals surface area contributed by atoms with Crippen LogP contribution in [0.4, 0.5) is 0 Å². The molecule has 17 heavy (non-hydrogen) atoms. The van der Waals surface area contributed by atoms with Gasteiger partial charge in [0.2, 0.25) is 0 Å². The summed E-state index contributed by atoms with van der Waals surface area (Å²) in [5, 5.41) is 3.42. The Morgan fingerprint density at radius 2 is 2.06 bits per heavy atom. The number of benzene rings is 1. The third kappa shape index (κ3) is 5.19. The highest BCUT2D eigenvalue weighted by atomic mass is 79.9. The molecule has 0 fully saturated rings. The lowest BCUT2D eigenvalue weighted by atomic mass is 10.1. The SMILES string of the molecule is CCCNCCN(C)Cc1cccc(C)c1Br. The van der Waals surface area contributed by atoms with E-state index in [-0.39, 0.29) is 0 Å². The number of hydrogen-bond donors (Lipinski definition) is 1. The van der Waals surface area contributed by atoms with Crippen molar-refractivity contribution in [3.8, 4) is 0 Å². The summed E-state index contributed by atoms with van der Waals surface area (Å²) in [4.78, 5) is 2.35. The molecule has 0 radical (unpaired) electrons. The maximum absolute atomic E-state index is 3.66. The van der Waals surface area contributed by atoms with Crippen LogP contribution in [0.5, 0.6) is 0 Å².